The third-order valence-electron chi connectivity index (χ3n) is 2.72. The number of hydrogen-bond donors (Lipinski definition) is 2. The fourth-order valence-corrected chi connectivity index (χ4v) is 1.75. The molecule has 0 spiro atoms. The lowest BCUT2D eigenvalue weighted by molar-refractivity contribution is 0.416. The van der Waals surface area contributed by atoms with Gasteiger partial charge in [-0.25, -0.2) is 0 Å². The Morgan fingerprint density at radius 3 is 2.82 bits per heavy atom. The number of nitrogens with one attached hydrogen (secondary N) is 2. The van der Waals surface area contributed by atoms with E-state index in [4.69, 9.17) is 4.74 Å². The molecule has 0 aliphatic carbocycles. The highest BCUT2D eigenvalue weighted by atomic mass is 16.5. The van der Waals surface area contributed by atoms with Gasteiger partial charge in [-0.3, -0.25) is 5.10 Å². The van der Waals surface area contributed by atoms with Crippen molar-refractivity contribution in [2.24, 2.45) is 0 Å². The lowest BCUT2D eigenvalue weighted by Crippen LogP contribution is -2.08. The Labute approximate surface area is 101 Å². The fraction of sp³-hybridized carbons (Fsp3) is 0.308. The number of rotatable bonds is 4. The molecule has 1 aromatic carbocycles. The summed E-state index contributed by atoms with van der Waals surface area (Å²) in [5.74, 6) is 0.849. The number of aromatic amines is 1. The number of H-pyrrole nitrogens is 1. The molecule has 0 aliphatic heterocycles. The van der Waals surface area contributed by atoms with E-state index in [1.54, 1.807) is 13.3 Å². The number of ether oxygens (including phenoxy) is 1. The second-order valence-electron chi connectivity index (χ2n) is 4.08. The number of aryl methyl sites for hydroxylation is 1. The summed E-state index contributed by atoms with van der Waals surface area (Å²) in [4.78, 5) is 0. The van der Waals surface area contributed by atoms with Crippen LogP contribution in [0.5, 0.6) is 5.75 Å². The Morgan fingerprint density at radius 2 is 2.18 bits per heavy atom. The summed E-state index contributed by atoms with van der Waals surface area (Å²) in [6, 6.07) is 8.20. The highest BCUT2D eigenvalue weighted by Crippen LogP contribution is 2.28. The van der Waals surface area contributed by atoms with Gasteiger partial charge in [-0.05, 0) is 37.6 Å². The molecule has 0 radical (unpaired) electrons. The molecule has 0 aliphatic rings. The zero-order valence-corrected chi connectivity index (χ0v) is 10.3. The molecule has 17 heavy (non-hydrogen) atoms. The first-order valence-corrected chi connectivity index (χ1v) is 5.61. The fourth-order valence-electron chi connectivity index (χ4n) is 1.75. The van der Waals surface area contributed by atoms with Crippen LogP contribution in [0.25, 0.3) is 0 Å². The summed E-state index contributed by atoms with van der Waals surface area (Å²) in [7, 11) is 1.68. The third-order valence-corrected chi connectivity index (χ3v) is 2.72. The molecule has 90 valence electrons. The van der Waals surface area contributed by atoms with Crippen LogP contribution in [0.4, 0.5) is 5.69 Å². The summed E-state index contributed by atoms with van der Waals surface area (Å²) < 4.78 is 5.33. The zero-order valence-electron chi connectivity index (χ0n) is 10.3. The van der Waals surface area contributed by atoms with E-state index in [0.29, 0.717) is 0 Å². The lowest BCUT2D eigenvalue weighted by atomic mass is 10.1. The van der Waals surface area contributed by atoms with Gasteiger partial charge in [-0.15, -0.1) is 0 Å². The molecule has 1 aromatic heterocycles. The smallest absolute Gasteiger partial charge is 0.141 e. The molecular weight excluding hydrogens is 214 g/mol. The van der Waals surface area contributed by atoms with E-state index in [1.165, 1.54) is 5.56 Å². The molecule has 0 fully saturated rings. The van der Waals surface area contributed by atoms with Crippen LogP contribution in [-0.2, 0) is 0 Å². The summed E-state index contributed by atoms with van der Waals surface area (Å²) in [5.41, 5.74) is 3.24. The predicted octanol–water partition coefficient (Wildman–Crippen LogP) is 2.90. The van der Waals surface area contributed by atoms with Gasteiger partial charge in [-0.2, -0.15) is 5.10 Å². The minimum absolute atomic E-state index is 0.160. The van der Waals surface area contributed by atoms with E-state index in [0.717, 1.165) is 17.1 Å². The number of hydrogen-bond acceptors (Lipinski definition) is 3. The van der Waals surface area contributed by atoms with Crippen molar-refractivity contribution in [2.75, 3.05) is 12.4 Å². The maximum Gasteiger partial charge on any atom is 0.141 e. The van der Waals surface area contributed by atoms with Gasteiger partial charge in [0, 0.05) is 6.20 Å². The third kappa shape index (κ3) is 2.58. The second kappa shape index (κ2) is 4.91. The molecule has 0 bridgehead atoms. The first-order valence-electron chi connectivity index (χ1n) is 5.61. The topological polar surface area (TPSA) is 49.9 Å². The summed E-state index contributed by atoms with van der Waals surface area (Å²) >= 11 is 0. The maximum atomic E-state index is 5.33. The van der Waals surface area contributed by atoms with Crippen molar-refractivity contribution in [2.45, 2.75) is 19.9 Å². The van der Waals surface area contributed by atoms with Crippen molar-refractivity contribution in [3.05, 3.63) is 41.7 Å². The average molecular weight is 231 g/mol. The minimum Gasteiger partial charge on any atom is -0.495 e. The highest BCUT2D eigenvalue weighted by molar-refractivity contribution is 5.58. The molecule has 4 heteroatoms. The molecule has 2 aromatic rings. The summed E-state index contributed by atoms with van der Waals surface area (Å²) in [6.45, 7) is 4.14. The molecule has 1 unspecified atom stereocenters. The van der Waals surface area contributed by atoms with E-state index < -0.39 is 0 Å². The van der Waals surface area contributed by atoms with Crippen molar-refractivity contribution < 1.29 is 4.74 Å². The number of methoxy groups -OCH3 is 1. The van der Waals surface area contributed by atoms with E-state index in [1.807, 2.05) is 18.2 Å². The van der Waals surface area contributed by atoms with Crippen LogP contribution in [0, 0.1) is 6.92 Å². The minimum atomic E-state index is 0.160. The van der Waals surface area contributed by atoms with Crippen LogP contribution in [0.2, 0.25) is 0 Å². The van der Waals surface area contributed by atoms with Gasteiger partial charge in [0.2, 0.25) is 0 Å². The summed E-state index contributed by atoms with van der Waals surface area (Å²) in [5, 5.41) is 10.3. The van der Waals surface area contributed by atoms with Gasteiger partial charge < -0.3 is 10.1 Å². The predicted molar refractivity (Wildman–Crippen MR) is 68.4 cm³/mol. The Bertz CT molecular complexity index is 479. The van der Waals surface area contributed by atoms with Gasteiger partial charge in [0.25, 0.3) is 0 Å². The highest BCUT2D eigenvalue weighted by Gasteiger charge is 2.09. The monoisotopic (exact) mass is 231 g/mol. The van der Waals surface area contributed by atoms with Gasteiger partial charge >= 0.3 is 0 Å². The van der Waals surface area contributed by atoms with Gasteiger partial charge in [0.15, 0.2) is 0 Å². The Hall–Kier alpha value is -1.97. The zero-order chi connectivity index (χ0) is 12.3. The molecule has 0 saturated heterocycles. The van der Waals surface area contributed by atoms with Crippen molar-refractivity contribution in [3.8, 4) is 5.75 Å². The molecule has 0 amide bonds. The molecule has 1 atom stereocenters. The average Bonchev–Trinajstić information content (AvgIpc) is 2.83. The quantitative estimate of drug-likeness (QED) is 0.850. The standard InChI is InChI=1S/C13H17N3O/c1-9-4-5-13(17-3)12(8-9)15-10(2)11-6-7-14-16-11/h4-8,10,15H,1-3H3,(H,14,16). The Kier molecular flexibility index (Phi) is 3.32. The van der Waals surface area contributed by atoms with Crippen molar-refractivity contribution in [1.82, 2.24) is 10.2 Å². The normalized spacial score (nSPS) is 12.2. The molecular formula is C13H17N3O. The Balaban J connectivity index is 2.20. The van der Waals surface area contributed by atoms with Crippen LogP contribution in [-0.4, -0.2) is 17.3 Å². The van der Waals surface area contributed by atoms with Gasteiger partial charge in [-0.1, -0.05) is 6.07 Å². The van der Waals surface area contributed by atoms with Crippen LogP contribution in [0.1, 0.15) is 24.2 Å². The molecule has 0 saturated carbocycles. The molecule has 2 rings (SSSR count). The van der Waals surface area contributed by atoms with E-state index >= 15 is 0 Å². The van der Waals surface area contributed by atoms with E-state index in [9.17, 15) is 0 Å². The van der Waals surface area contributed by atoms with Crippen LogP contribution in [0.3, 0.4) is 0 Å². The lowest BCUT2D eigenvalue weighted by Gasteiger charge is -2.16. The number of nitrogens with zero attached hydrogens (tertiary/aromatic N) is 1. The largest absolute Gasteiger partial charge is 0.495 e. The number of benzene rings is 1. The van der Waals surface area contributed by atoms with Crippen molar-refractivity contribution in [1.29, 1.82) is 0 Å². The second-order valence-corrected chi connectivity index (χ2v) is 4.08. The molecule has 1 heterocycles. The first-order chi connectivity index (χ1) is 8.20. The van der Waals surface area contributed by atoms with Crippen LogP contribution >= 0.6 is 0 Å². The van der Waals surface area contributed by atoms with Gasteiger partial charge in [0.05, 0.1) is 24.5 Å². The van der Waals surface area contributed by atoms with Crippen LogP contribution in [0.15, 0.2) is 30.5 Å². The molecule has 2 N–H and O–H groups in total. The first kappa shape index (κ1) is 11.5. The van der Waals surface area contributed by atoms with Crippen molar-refractivity contribution >= 4 is 5.69 Å². The van der Waals surface area contributed by atoms with Crippen LogP contribution < -0.4 is 10.1 Å². The maximum absolute atomic E-state index is 5.33. The van der Waals surface area contributed by atoms with Crippen molar-refractivity contribution in [3.63, 3.8) is 0 Å². The van der Waals surface area contributed by atoms with Gasteiger partial charge in [0.1, 0.15) is 5.75 Å². The SMILES string of the molecule is COc1ccc(C)cc1NC(C)c1ccn[nH]1. The van der Waals surface area contributed by atoms with E-state index in [2.05, 4.69) is 35.4 Å². The Morgan fingerprint density at radius 1 is 1.35 bits per heavy atom. The number of aromatic nitrogens is 2. The summed E-state index contributed by atoms with van der Waals surface area (Å²) in [6.07, 6.45) is 1.75. The molecule has 4 nitrogen and oxygen atoms in total. The van der Waals surface area contributed by atoms with E-state index in [-0.39, 0.29) is 6.04 Å². The number of anilines is 1.